The number of carbonyl (C=O) groups excluding carboxylic acids is 2. The van der Waals surface area contributed by atoms with Gasteiger partial charge in [0, 0.05) is 6.54 Å². The number of amides is 1. The molecule has 0 saturated carbocycles. The second kappa shape index (κ2) is 9.42. The Morgan fingerprint density at radius 3 is 2.56 bits per heavy atom. The standard InChI is InChI=1S/C12H21N3O3/c1-9(2)7-10(12(17)18-3)15-8-11(16)14-6-4-5-13/h9-10,15H,4,6-8H2,1-3H3,(H,14,16). The molecule has 0 aromatic heterocycles. The predicted octanol–water partition coefficient (Wildman–Crippen LogP) is 0.194. The largest absolute Gasteiger partial charge is 0.468 e. The molecule has 0 spiro atoms. The van der Waals surface area contributed by atoms with Gasteiger partial charge in [0.25, 0.3) is 0 Å². The van der Waals surface area contributed by atoms with Gasteiger partial charge in [-0.1, -0.05) is 13.8 Å². The molecule has 0 heterocycles. The molecule has 0 aliphatic rings. The summed E-state index contributed by atoms with van der Waals surface area (Å²) in [5.74, 6) is -0.278. The van der Waals surface area contributed by atoms with Crippen LogP contribution >= 0.6 is 0 Å². The summed E-state index contributed by atoms with van der Waals surface area (Å²) in [6.45, 7) is 4.34. The van der Waals surface area contributed by atoms with E-state index >= 15 is 0 Å². The quantitative estimate of drug-likeness (QED) is 0.477. The molecule has 0 saturated heterocycles. The molecular weight excluding hydrogens is 234 g/mol. The number of hydrogen-bond acceptors (Lipinski definition) is 5. The monoisotopic (exact) mass is 255 g/mol. The van der Waals surface area contributed by atoms with Gasteiger partial charge in [-0.25, -0.2) is 0 Å². The predicted molar refractivity (Wildman–Crippen MR) is 66.5 cm³/mol. The van der Waals surface area contributed by atoms with Crippen LogP contribution in [-0.4, -0.2) is 38.1 Å². The summed E-state index contributed by atoms with van der Waals surface area (Å²) in [5.41, 5.74) is 0. The molecule has 102 valence electrons. The van der Waals surface area contributed by atoms with E-state index in [0.29, 0.717) is 18.9 Å². The van der Waals surface area contributed by atoms with Crippen molar-refractivity contribution in [3.63, 3.8) is 0 Å². The summed E-state index contributed by atoms with van der Waals surface area (Å²) in [7, 11) is 1.32. The average Bonchev–Trinajstić information content (AvgIpc) is 2.33. The fraction of sp³-hybridized carbons (Fsp3) is 0.750. The van der Waals surface area contributed by atoms with Gasteiger partial charge in [0.1, 0.15) is 6.04 Å². The summed E-state index contributed by atoms with van der Waals surface area (Å²) < 4.78 is 4.67. The Kier molecular flexibility index (Phi) is 8.58. The van der Waals surface area contributed by atoms with Crippen LogP contribution in [0.25, 0.3) is 0 Å². The molecule has 2 N–H and O–H groups in total. The van der Waals surface area contributed by atoms with Gasteiger partial charge in [-0.15, -0.1) is 0 Å². The molecule has 0 radical (unpaired) electrons. The molecule has 0 rings (SSSR count). The molecule has 0 fully saturated rings. The zero-order chi connectivity index (χ0) is 14.0. The number of rotatable bonds is 8. The van der Waals surface area contributed by atoms with Crippen molar-refractivity contribution < 1.29 is 14.3 Å². The number of hydrogen-bond donors (Lipinski definition) is 2. The molecule has 1 amide bonds. The topological polar surface area (TPSA) is 91.2 Å². The zero-order valence-corrected chi connectivity index (χ0v) is 11.2. The first kappa shape index (κ1) is 16.4. The maximum Gasteiger partial charge on any atom is 0.322 e. The van der Waals surface area contributed by atoms with Crippen LogP contribution in [-0.2, 0) is 14.3 Å². The Morgan fingerprint density at radius 2 is 2.06 bits per heavy atom. The first-order valence-corrected chi connectivity index (χ1v) is 5.96. The highest BCUT2D eigenvalue weighted by Crippen LogP contribution is 2.05. The highest BCUT2D eigenvalue weighted by Gasteiger charge is 2.20. The van der Waals surface area contributed by atoms with Crippen LogP contribution < -0.4 is 10.6 Å². The molecule has 1 unspecified atom stereocenters. The molecule has 0 aliphatic heterocycles. The van der Waals surface area contributed by atoms with Crippen molar-refractivity contribution in [2.45, 2.75) is 32.7 Å². The van der Waals surface area contributed by atoms with Crippen molar-refractivity contribution in [3.8, 4) is 6.07 Å². The molecule has 18 heavy (non-hydrogen) atoms. The number of ether oxygens (including phenoxy) is 1. The van der Waals surface area contributed by atoms with Crippen molar-refractivity contribution in [1.82, 2.24) is 10.6 Å². The minimum absolute atomic E-state index is 0.0396. The van der Waals surface area contributed by atoms with E-state index in [9.17, 15) is 9.59 Å². The Balaban J connectivity index is 4.06. The Morgan fingerprint density at radius 1 is 1.39 bits per heavy atom. The second-order valence-electron chi connectivity index (χ2n) is 4.34. The third-order valence-corrected chi connectivity index (χ3v) is 2.26. The highest BCUT2D eigenvalue weighted by molar-refractivity contribution is 5.80. The van der Waals surface area contributed by atoms with Crippen molar-refractivity contribution in [3.05, 3.63) is 0 Å². The van der Waals surface area contributed by atoms with E-state index in [2.05, 4.69) is 15.4 Å². The Bertz CT molecular complexity index is 310. The van der Waals surface area contributed by atoms with Crippen LogP contribution in [0.1, 0.15) is 26.7 Å². The zero-order valence-electron chi connectivity index (χ0n) is 11.2. The van der Waals surface area contributed by atoms with Crippen molar-refractivity contribution >= 4 is 11.9 Å². The first-order chi connectivity index (χ1) is 8.51. The molecular formula is C12H21N3O3. The second-order valence-corrected chi connectivity index (χ2v) is 4.34. The number of nitrogens with one attached hydrogen (secondary N) is 2. The summed E-state index contributed by atoms with van der Waals surface area (Å²) in [6.07, 6.45) is 0.885. The van der Waals surface area contributed by atoms with Crippen LogP contribution in [0.15, 0.2) is 0 Å². The first-order valence-electron chi connectivity index (χ1n) is 5.96. The van der Waals surface area contributed by atoms with Gasteiger partial charge in [0.05, 0.1) is 26.1 Å². The smallest absolute Gasteiger partial charge is 0.322 e. The minimum Gasteiger partial charge on any atom is -0.468 e. The molecule has 0 bridgehead atoms. The van der Waals surface area contributed by atoms with Gasteiger partial charge in [-0.05, 0) is 12.3 Å². The molecule has 0 aromatic carbocycles. The molecule has 6 heteroatoms. The number of carbonyl (C=O) groups is 2. The summed E-state index contributed by atoms with van der Waals surface area (Å²) in [4.78, 5) is 22.8. The van der Waals surface area contributed by atoms with Crippen LogP contribution in [0, 0.1) is 17.2 Å². The van der Waals surface area contributed by atoms with Gasteiger partial charge in [-0.2, -0.15) is 5.26 Å². The summed E-state index contributed by atoms with van der Waals surface area (Å²) in [5, 5.41) is 13.8. The highest BCUT2D eigenvalue weighted by atomic mass is 16.5. The minimum atomic E-state index is -0.475. The van der Waals surface area contributed by atoms with Crippen LogP contribution in [0.4, 0.5) is 0 Å². The fourth-order valence-electron chi connectivity index (χ4n) is 1.41. The van der Waals surface area contributed by atoms with E-state index in [-0.39, 0.29) is 24.8 Å². The summed E-state index contributed by atoms with van der Waals surface area (Å²) >= 11 is 0. The third-order valence-electron chi connectivity index (χ3n) is 2.26. The fourth-order valence-corrected chi connectivity index (χ4v) is 1.41. The average molecular weight is 255 g/mol. The Labute approximate surface area is 108 Å². The van der Waals surface area contributed by atoms with E-state index in [1.165, 1.54) is 7.11 Å². The number of esters is 1. The normalized spacial score (nSPS) is 11.7. The van der Waals surface area contributed by atoms with E-state index in [1.807, 2.05) is 19.9 Å². The van der Waals surface area contributed by atoms with Crippen LogP contribution in [0.5, 0.6) is 0 Å². The molecule has 6 nitrogen and oxygen atoms in total. The van der Waals surface area contributed by atoms with Crippen molar-refractivity contribution in [2.24, 2.45) is 5.92 Å². The third kappa shape index (κ3) is 7.63. The van der Waals surface area contributed by atoms with Gasteiger partial charge < -0.3 is 10.1 Å². The maximum atomic E-state index is 11.5. The molecule has 1 atom stereocenters. The van der Waals surface area contributed by atoms with Crippen molar-refractivity contribution in [1.29, 1.82) is 5.26 Å². The number of nitrogens with zero attached hydrogens (tertiary/aromatic N) is 1. The lowest BCUT2D eigenvalue weighted by Gasteiger charge is -2.17. The van der Waals surface area contributed by atoms with Gasteiger partial charge in [0.15, 0.2) is 0 Å². The van der Waals surface area contributed by atoms with Gasteiger partial charge in [-0.3, -0.25) is 14.9 Å². The lowest BCUT2D eigenvalue weighted by atomic mass is 10.0. The van der Waals surface area contributed by atoms with E-state index in [4.69, 9.17) is 5.26 Å². The molecule has 0 aliphatic carbocycles. The van der Waals surface area contributed by atoms with Crippen LogP contribution in [0.2, 0.25) is 0 Å². The van der Waals surface area contributed by atoms with E-state index < -0.39 is 6.04 Å². The van der Waals surface area contributed by atoms with Crippen LogP contribution in [0.3, 0.4) is 0 Å². The maximum absolute atomic E-state index is 11.5. The Hall–Kier alpha value is -1.61. The van der Waals surface area contributed by atoms with E-state index in [1.54, 1.807) is 0 Å². The number of methoxy groups -OCH3 is 1. The summed E-state index contributed by atoms with van der Waals surface area (Å²) in [6, 6.07) is 1.46. The lowest BCUT2D eigenvalue weighted by molar-refractivity contribution is -0.143. The lowest BCUT2D eigenvalue weighted by Crippen LogP contribution is -2.44. The SMILES string of the molecule is COC(=O)C(CC(C)C)NCC(=O)NCCC#N. The van der Waals surface area contributed by atoms with Gasteiger partial charge >= 0.3 is 5.97 Å². The number of nitriles is 1. The van der Waals surface area contributed by atoms with E-state index in [0.717, 1.165) is 0 Å². The molecule has 0 aromatic rings. The van der Waals surface area contributed by atoms with Gasteiger partial charge in [0.2, 0.25) is 5.91 Å². The van der Waals surface area contributed by atoms with Crippen molar-refractivity contribution in [2.75, 3.05) is 20.2 Å².